The van der Waals surface area contributed by atoms with Crippen molar-refractivity contribution in [2.45, 2.75) is 26.3 Å². The van der Waals surface area contributed by atoms with Gasteiger partial charge in [-0.3, -0.25) is 0 Å². The topological polar surface area (TPSA) is 82.8 Å². The SMILES string of the molecule is COC(=O)c1cncnc1C=Cc1cn(C(C)(C)C)nn1. The van der Waals surface area contributed by atoms with E-state index < -0.39 is 5.97 Å². The summed E-state index contributed by atoms with van der Waals surface area (Å²) in [6.45, 7) is 6.11. The van der Waals surface area contributed by atoms with Crippen LogP contribution in [0.25, 0.3) is 12.2 Å². The smallest absolute Gasteiger partial charge is 0.341 e. The number of carbonyl (C=O) groups excluding carboxylic acids is 1. The van der Waals surface area contributed by atoms with E-state index in [1.54, 1.807) is 16.8 Å². The van der Waals surface area contributed by atoms with Gasteiger partial charge >= 0.3 is 5.97 Å². The van der Waals surface area contributed by atoms with Crippen molar-refractivity contribution in [1.29, 1.82) is 0 Å². The molecule has 0 aromatic carbocycles. The minimum absolute atomic E-state index is 0.134. The Kier molecular flexibility index (Phi) is 4.11. The molecule has 0 saturated heterocycles. The molecule has 110 valence electrons. The maximum Gasteiger partial charge on any atom is 0.341 e. The van der Waals surface area contributed by atoms with E-state index in [0.717, 1.165) is 0 Å². The Morgan fingerprint density at radius 2 is 2.10 bits per heavy atom. The molecule has 0 amide bonds. The zero-order valence-corrected chi connectivity index (χ0v) is 12.4. The molecule has 0 saturated carbocycles. The molecule has 2 rings (SSSR count). The normalized spacial score (nSPS) is 11.8. The molecule has 0 radical (unpaired) electrons. The number of hydrogen-bond donors (Lipinski definition) is 0. The molecule has 7 nitrogen and oxygen atoms in total. The molecule has 0 fully saturated rings. The Bertz CT molecular complexity index is 670. The largest absolute Gasteiger partial charge is 0.465 e. The number of ether oxygens (including phenoxy) is 1. The van der Waals surface area contributed by atoms with Crippen LogP contribution in [0.3, 0.4) is 0 Å². The van der Waals surface area contributed by atoms with Crippen molar-refractivity contribution in [2.24, 2.45) is 0 Å². The number of carbonyl (C=O) groups is 1. The van der Waals surface area contributed by atoms with Gasteiger partial charge in [0, 0.05) is 6.20 Å². The summed E-state index contributed by atoms with van der Waals surface area (Å²) in [5, 5.41) is 8.12. The minimum Gasteiger partial charge on any atom is -0.465 e. The Morgan fingerprint density at radius 3 is 2.71 bits per heavy atom. The average Bonchev–Trinajstić information content (AvgIpc) is 2.93. The summed E-state index contributed by atoms with van der Waals surface area (Å²) in [6, 6.07) is 0. The maximum absolute atomic E-state index is 11.6. The number of methoxy groups -OCH3 is 1. The first-order chi connectivity index (χ1) is 9.91. The fourth-order valence-electron chi connectivity index (χ4n) is 1.58. The van der Waals surface area contributed by atoms with Crippen LogP contribution < -0.4 is 0 Å². The first-order valence-electron chi connectivity index (χ1n) is 6.41. The van der Waals surface area contributed by atoms with Gasteiger partial charge in [-0.15, -0.1) is 5.10 Å². The van der Waals surface area contributed by atoms with Crippen molar-refractivity contribution >= 4 is 18.1 Å². The number of aromatic nitrogens is 5. The second kappa shape index (κ2) is 5.82. The zero-order valence-electron chi connectivity index (χ0n) is 12.4. The highest BCUT2D eigenvalue weighted by molar-refractivity contribution is 5.93. The van der Waals surface area contributed by atoms with Crippen molar-refractivity contribution in [3.05, 3.63) is 35.7 Å². The van der Waals surface area contributed by atoms with Crippen molar-refractivity contribution in [3.63, 3.8) is 0 Å². The molecule has 0 aliphatic carbocycles. The zero-order chi connectivity index (χ0) is 15.5. The molecular weight excluding hydrogens is 270 g/mol. The van der Waals surface area contributed by atoms with E-state index in [0.29, 0.717) is 17.0 Å². The Labute approximate surface area is 122 Å². The summed E-state index contributed by atoms with van der Waals surface area (Å²) in [6.07, 6.45) is 8.05. The van der Waals surface area contributed by atoms with Crippen LogP contribution in [0, 0.1) is 0 Å². The van der Waals surface area contributed by atoms with Gasteiger partial charge in [-0.2, -0.15) is 0 Å². The molecule has 2 heterocycles. The van der Waals surface area contributed by atoms with E-state index in [2.05, 4.69) is 20.3 Å². The second-order valence-corrected chi connectivity index (χ2v) is 5.41. The van der Waals surface area contributed by atoms with Gasteiger partial charge in [0.2, 0.25) is 0 Å². The Hall–Kier alpha value is -2.57. The molecule has 0 unspecified atom stereocenters. The van der Waals surface area contributed by atoms with Crippen LogP contribution in [0.2, 0.25) is 0 Å². The minimum atomic E-state index is -0.478. The van der Waals surface area contributed by atoms with E-state index in [-0.39, 0.29) is 5.54 Å². The van der Waals surface area contributed by atoms with E-state index in [4.69, 9.17) is 4.74 Å². The van der Waals surface area contributed by atoms with Crippen LogP contribution in [0.1, 0.15) is 42.5 Å². The highest BCUT2D eigenvalue weighted by Gasteiger charge is 2.14. The summed E-state index contributed by atoms with van der Waals surface area (Å²) in [7, 11) is 1.32. The fraction of sp³-hybridized carbons (Fsp3) is 0.357. The van der Waals surface area contributed by atoms with Crippen molar-refractivity contribution in [1.82, 2.24) is 25.0 Å². The fourth-order valence-corrected chi connectivity index (χ4v) is 1.58. The van der Waals surface area contributed by atoms with E-state index >= 15 is 0 Å². The number of nitrogens with zero attached hydrogens (tertiary/aromatic N) is 5. The van der Waals surface area contributed by atoms with Crippen molar-refractivity contribution in [2.75, 3.05) is 7.11 Å². The van der Waals surface area contributed by atoms with Gasteiger partial charge < -0.3 is 4.74 Å². The monoisotopic (exact) mass is 287 g/mol. The molecule has 0 bridgehead atoms. The highest BCUT2D eigenvalue weighted by atomic mass is 16.5. The van der Waals surface area contributed by atoms with Crippen molar-refractivity contribution in [3.8, 4) is 0 Å². The van der Waals surface area contributed by atoms with Gasteiger partial charge in [0.1, 0.15) is 17.6 Å². The molecule has 0 spiro atoms. The first kappa shape index (κ1) is 14.8. The number of esters is 1. The molecule has 0 atom stereocenters. The third kappa shape index (κ3) is 3.50. The Morgan fingerprint density at radius 1 is 1.33 bits per heavy atom. The van der Waals surface area contributed by atoms with Gasteiger partial charge in [-0.1, -0.05) is 5.21 Å². The summed E-state index contributed by atoms with van der Waals surface area (Å²) < 4.78 is 6.46. The van der Waals surface area contributed by atoms with Gasteiger partial charge in [0.15, 0.2) is 0 Å². The van der Waals surface area contributed by atoms with Crippen LogP contribution in [0.15, 0.2) is 18.7 Å². The quantitative estimate of drug-likeness (QED) is 0.800. The van der Waals surface area contributed by atoms with Gasteiger partial charge in [0.05, 0.1) is 24.5 Å². The molecular formula is C14H17N5O2. The lowest BCUT2D eigenvalue weighted by atomic mass is 10.1. The molecule has 0 aliphatic rings. The predicted octanol–water partition coefficient (Wildman–Crippen LogP) is 1.78. The highest BCUT2D eigenvalue weighted by Crippen LogP contribution is 2.14. The first-order valence-corrected chi connectivity index (χ1v) is 6.41. The lowest BCUT2D eigenvalue weighted by Crippen LogP contribution is -2.22. The molecule has 2 aromatic rings. The molecule has 2 aromatic heterocycles. The van der Waals surface area contributed by atoms with Crippen LogP contribution in [0.5, 0.6) is 0 Å². The summed E-state index contributed by atoms with van der Waals surface area (Å²) in [5.41, 5.74) is 1.33. The second-order valence-electron chi connectivity index (χ2n) is 5.41. The van der Waals surface area contributed by atoms with Crippen LogP contribution in [-0.2, 0) is 10.3 Å². The third-order valence-electron chi connectivity index (χ3n) is 2.76. The lowest BCUT2D eigenvalue weighted by molar-refractivity contribution is 0.0599. The van der Waals surface area contributed by atoms with E-state index in [1.165, 1.54) is 19.6 Å². The average molecular weight is 287 g/mol. The van der Waals surface area contributed by atoms with Crippen LogP contribution >= 0.6 is 0 Å². The van der Waals surface area contributed by atoms with Gasteiger partial charge in [-0.05, 0) is 32.9 Å². The predicted molar refractivity (Wildman–Crippen MR) is 77.3 cm³/mol. The summed E-state index contributed by atoms with van der Waals surface area (Å²) >= 11 is 0. The lowest BCUT2D eigenvalue weighted by Gasteiger charge is -2.17. The van der Waals surface area contributed by atoms with Crippen LogP contribution in [-0.4, -0.2) is 38.0 Å². The maximum atomic E-state index is 11.6. The molecule has 0 aliphatic heterocycles. The van der Waals surface area contributed by atoms with Gasteiger partial charge in [-0.25, -0.2) is 19.4 Å². The van der Waals surface area contributed by atoms with E-state index in [9.17, 15) is 4.79 Å². The molecule has 7 heteroatoms. The summed E-state index contributed by atoms with van der Waals surface area (Å²) in [5.74, 6) is -0.478. The molecule has 21 heavy (non-hydrogen) atoms. The number of rotatable bonds is 3. The standard InChI is InChI=1S/C14H17N5O2/c1-14(2,3)19-8-10(17-18-19)5-6-12-11(13(20)21-4)7-15-9-16-12/h5-9H,1-4H3. The third-order valence-corrected chi connectivity index (χ3v) is 2.76. The van der Waals surface area contributed by atoms with Gasteiger partial charge in [0.25, 0.3) is 0 Å². The Balaban J connectivity index is 2.26. The molecule has 0 N–H and O–H groups in total. The van der Waals surface area contributed by atoms with E-state index in [1.807, 2.05) is 27.0 Å². The number of hydrogen-bond acceptors (Lipinski definition) is 6. The van der Waals surface area contributed by atoms with Crippen LogP contribution in [0.4, 0.5) is 0 Å². The summed E-state index contributed by atoms with van der Waals surface area (Å²) in [4.78, 5) is 19.5. The van der Waals surface area contributed by atoms with Crippen molar-refractivity contribution < 1.29 is 9.53 Å².